The molecule has 1 aromatic rings. The first kappa shape index (κ1) is 10.4. The van der Waals surface area contributed by atoms with Gasteiger partial charge in [-0.25, -0.2) is 4.39 Å². The zero-order valence-corrected chi connectivity index (χ0v) is 8.53. The van der Waals surface area contributed by atoms with Crippen molar-refractivity contribution in [1.82, 2.24) is 5.32 Å². The van der Waals surface area contributed by atoms with Crippen LogP contribution in [0.2, 0.25) is 0 Å². The summed E-state index contributed by atoms with van der Waals surface area (Å²) in [5, 5.41) is 12.2. The first-order chi connectivity index (χ1) is 7.24. The Kier molecular flexibility index (Phi) is 2.88. The fraction of sp³-hybridized carbons (Fsp3) is 0.455. The van der Waals surface area contributed by atoms with Gasteiger partial charge in [-0.15, -0.1) is 0 Å². The number of fused-ring (bicyclic) bond motifs is 1. The Morgan fingerprint density at radius 2 is 2.40 bits per heavy atom. The van der Waals surface area contributed by atoms with Gasteiger partial charge in [0.1, 0.15) is 17.7 Å². The van der Waals surface area contributed by atoms with Crippen LogP contribution in [-0.2, 0) is 0 Å². The minimum atomic E-state index is -0.264. The highest BCUT2D eigenvalue weighted by molar-refractivity contribution is 5.38. The average molecular weight is 211 g/mol. The van der Waals surface area contributed by atoms with Gasteiger partial charge in [0.05, 0.1) is 6.61 Å². The summed E-state index contributed by atoms with van der Waals surface area (Å²) >= 11 is 0. The van der Waals surface area contributed by atoms with Gasteiger partial charge in [0.15, 0.2) is 0 Å². The van der Waals surface area contributed by atoms with Crippen molar-refractivity contribution < 1.29 is 14.2 Å². The molecular weight excluding hydrogens is 197 g/mol. The molecule has 0 amide bonds. The summed E-state index contributed by atoms with van der Waals surface area (Å²) in [5.41, 5.74) is 0.821. The van der Waals surface area contributed by atoms with Crippen LogP contribution in [0, 0.1) is 5.82 Å². The molecule has 0 saturated carbocycles. The van der Waals surface area contributed by atoms with Crippen molar-refractivity contribution >= 4 is 0 Å². The first-order valence-electron chi connectivity index (χ1n) is 4.99. The van der Waals surface area contributed by atoms with Crippen molar-refractivity contribution in [1.29, 1.82) is 0 Å². The molecule has 0 fully saturated rings. The lowest BCUT2D eigenvalue weighted by Gasteiger charge is -2.31. The fourth-order valence-electron chi connectivity index (χ4n) is 1.90. The minimum Gasteiger partial charge on any atom is -0.488 e. The number of nitrogens with one attached hydrogen (secondary N) is 1. The standard InChI is InChI=1S/C11H14FNO2/c1-13-10-5-8(6-14)15-11-3-2-7(12)4-9(10)11/h2-4,8,10,13-14H,5-6H2,1H3. The van der Waals surface area contributed by atoms with Crippen molar-refractivity contribution in [3.8, 4) is 5.75 Å². The third kappa shape index (κ3) is 1.96. The highest BCUT2D eigenvalue weighted by Crippen LogP contribution is 2.34. The summed E-state index contributed by atoms with van der Waals surface area (Å²) in [6.07, 6.45) is 0.448. The summed E-state index contributed by atoms with van der Waals surface area (Å²) in [7, 11) is 1.82. The van der Waals surface area contributed by atoms with Crippen LogP contribution in [0.3, 0.4) is 0 Å². The molecule has 15 heavy (non-hydrogen) atoms. The maximum absolute atomic E-state index is 13.1. The van der Waals surface area contributed by atoms with Crippen LogP contribution in [0.5, 0.6) is 5.75 Å². The van der Waals surface area contributed by atoms with Crippen molar-refractivity contribution in [3.05, 3.63) is 29.6 Å². The molecule has 0 spiro atoms. The number of hydrogen-bond acceptors (Lipinski definition) is 3. The largest absolute Gasteiger partial charge is 0.488 e. The Bertz CT molecular complexity index is 356. The van der Waals surface area contributed by atoms with E-state index in [0.29, 0.717) is 12.2 Å². The second kappa shape index (κ2) is 4.16. The van der Waals surface area contributed by atoms with E-state index in [-0.39, 0.29) is 24.6 Å². The van der Waals surface area contributed by atoms with Crippen LogP contribution in [0.15, 0.2) is 18.2 Å². The van der Waals surface area contributed by atoms with Gasteiger partial charge in [0.2, 0.25) is 0 Å². The SMILES string of the molecule is CNC1CC(CO)Oc2ccc(F)cc21. The van der Waals surface area contributed by atoms with Crippen LogP contribution >= 0.6 is 0 Å². The molecule has 2 rings (SSSR count). The number of benzene rings is 1. The fourth-order valence-corrected chi connectivity index (χ4v) is 1.90. The molecule has 3 nitrogen and oxygen atoms in total. The van der Waals surface area contributed by atoms with E-state index in [1.54, 1.807) is 6.07 Å². The average Bonchev–Trinajstić information content (AvgIpc) is 2.27. The van der Waals surface area contributed by atoms with E-state index in [4.69, 9.17) is 9.84 Å². The van der Waals surface area contributed by atoms with Crippen LogP contribution in [0.4, 0.5) is 4.39 Å². The van der Waals surface area contributed by atoms with Crippen molar-refractivity contribution in [3.63, 3.8) is 0 Å². The van der Waals surface area contributed by atoms with Crippen molar-refractivity contribution in [2.24, 2.45) is 0 Å². The van der Waals surface area contributed by atoms with Crippen molar-refractivity contribution in [2.45, 2.75) is 18.6 Å². The second-order valence-electron chi connectivity index (χ2n) is 3.68. The Morgan fingerprint density at radius 1 is 1.60 bits per heavy atom. The molecule has 0 radical (unpaired) electrons. The van der Waals surface area contributed by atoms with E-state index in [1.807, 2.05) is 7.05 Å². The summed E-state index contributed by atoms with van der Waals surface area (Å²) < 4.78 is 18.6. The van der Waals surface area contributed by atoms with E-state index >= 15 is 0 Å². The molecule has 1 aliphatic rings. The van der Waals surface area contributed by atoms with Gasteiger partial charge >= 0.3 is 0 Å². The molecular formula is C11H14FNO2. The first-order valence-corrected chi connectivity index (χ1v) is 4.99. The normalized spacial score (nSPS) is 24.5. The van der Waals surface area contributed by atoms with Crippen LogP contribution in [0.1, 0.15) is 18.0 Å². The van der Waals surface area contributed by atoms with Crippen LogP contribution in [-0.4, -0.2) is 24.9 Å². The lowest BCUT2D eigenvalue weighted by Crippen LogP contribution is -2.33. The minimum absolute atomic E-state index is 0.0189. The van der Waals surface area contributed by atoms with E-state index in [9.17, 15) is 4.39 Å². The summed E-state index contributed by atoms with van der Waals surface area (Å²) in [5.74, 6) is 0.390. The number of aliphatic hydroxyl groups excluding tert-OH is 1. The maximum atomic E-state index is 13.1. The smallest absolute Gasteiger partial charge is 0.124 e. The van der Waals surface area contributed by atoms with Gasteiger partial charge in [0, 0.05) is 18.0 Å². The van der Waals surface area contributed by atoms with Gasteiger partial charge in [-0.05, 0) is 25.2 Å². The van der Waals surface area contributed by atoms with Crippen LogP contribution in [0.25, 0.3) is 0 Å². The molecule has 2 N–H and O–H groups in total. The summed E-state index contributed by atoms with van der Waals surface area (Å²) in [6.45, 7) is -0.0189. The van der Waals surface area contributed by atoms with E-state index in [0.717, 1.165) is 5.56 Å². The third-order valence-electron chi connectivity index (χ3n) is 2.69. The number of rotatable bonds is 2. The molecule has 0 aromatic heterocycles. The van der Waals surface area contributed by atoms with Gasteiger partial charge in [-0.2, -0.15) is 0 Å². The number of ether oxygens (including phenoxy) is 1. The lowest BCUT2D eigenvalue weighted by atomic mass is 9.97. The van der Waals surface area contributed by atoms with E-state index < -0.39 is 0 Å². The van der Waals surface area contributed by atoms with E-state index in [1.165, 1.54) is 12.1 Å². The molecule has 4 heteroatoms. The molecule has 0 saturated heterocycles. The zero-order valence-electron chi connectivity index (χ0n) is 8.53. The maximum Gasteiger partial charge on any atom is 0.124 e. The summed E-state index contributed by atoms with van der Waals surface area (Å²) in [6, 6.07) is 4.49. The molecule has 0 aliphatic carbocycles. The molecule has 0 bridgehead atoms. The summed E-state index contributed by atoms with van der Waals surface area (Å²) in [4.78, 5) is 0. The molecule has 82 valence electrons. The third-order valence-corrected chi connectivity index (χ3v) is 2.69. The van der Waals surface area contributed by atoms with E-state index in [2.05, 4.69) is 5.32 Å². The molecule has 2 unspecified atom stereocenters. The Morgan fingerprint density at radius 3 is 3.07 bits per heavy atom. The van der Waals surface area contributed by atoms with Gasteiger partial charge in [-0.1, -0.05) is 0 Å². The Labute approximate surface area is 87.9 Å². The topological polar surface area (TPSA) is 41.5 Å². The second-order valence-corrected chi connectivity index (χ2v) is 3.68. The number of hydrogen-bond donors (Lipinski definition) is 2. The van der Waals surface area contributed by atoms with Gasteiger partial charge in [0.25, 0.3) is 0 Å². The molecule has 1 heterocycles. The van der Waals surface area contributed by atoms with Crippen molar-refractivity contribution in [2.75, 3.05) is 13.7 Å². The van der Waals surface area contributed by atoms with Gasteiger partial charge in [-0.3, -0.25) is 0 Å². The Hall–Kier alpha value is -1.13. The molecule has 1 aliphatic heterocycles. The number of halogens is 1. The quantitative estimate of drug-likeness (QED) is 0.773. The van der Waals surface area contributed by atoms with Crippen LogP contribution < -0.4 is 10.1 Å². The monoisotopic (exact) mass is 211 g/mol. The lowest BCUT2D eigenvalue weighted by molar-refractivity contribution is 0.0844. The Balaban J connectivity index is 2.35. The predicted octanol–water partition coefficient (Wildman–Crippen LogP) is 1.23. The predicted molar refractivity (Wildman–Crippen MR) is 54.3 cm³/mol. The molecule has 2 atom stereocenters. The zero-order chi connectivity index (χ0) is 10.8. The highest BCUT2D eigenvalue weighted by Gasteiger charge is 2.27. The number of aliphatic hydroxyl groups is 1. The highest BCUT2D eigenvalue weighted by atomic mass is 19.1. The van der Waals surface area contributed by atoms with Gasteiger partial charge < -0.3 is 15.2 Å². The molecule has 1 aromatic carbocycles.